The molecule has 0 aliphatic carbocycles. The van der Waals surface area contributed by atoms with Gasteiger partial charge in [0.15, 0.2) is 5.60 Å². The Hall–Kier alpha value is -1.29. The van der Waals surface area contributed by atoms with E-state index in [4.69, 9.17) is 4.74 Å². The van der Waals surface area contributed by atoms with Gasteiger partial charge in [0.05, 0.1) is 0 Å². The van der Waals surface area contributed by atoms with Crippen LogP contribution in [0.1, 0.15) is 31.1 Å². The smallest absolute Gasteiger partial charge is 0.303 e. The zero-order valence-corrected chi connectivity index (χ0v) is 11.3. The van der Waals surface area contributed by atoms with Crippen LogP contribution in [0.15, 0.2) is 29.2 Å². The predicted octanol–water partition coefficient (Wildman–Crippen LogP) is 2.93. The Morgan fingerprint density at radius 3 is 2.12 bits per heavy atom. The lowest BCUT2D eigenvalue weighted by Crippen LogP contribution is -2.36. The van der Waals surface area contributed by atoms with Crippen molar-refractivity contribution in [2.45, 2.75) is 31.3 Å². The molecule has 0 heterocycles. The highest BCUT2D eigenvalue weighted by molar-refractivity contribution is 7.98. The van der Waals surface area contributed by atoms with E-state index < -0.39 is 11.6 Å². The number of ketones is 1. The predicted molar refractivity (Wildman–Crippen MR) is 68.4 cm³/mol. The second-order valence-electron chi connectivity index (χ2n) is 4.16. The van der Waals surface area contributed by atoms with Crippen LogP contribution in [-0.4, -0.2) is 23.6 Å². The minimum absolute atomic E-state index is 0.194. The summed E-state index contributed by atoms with van der Waals surface area (Å²) in [5, 5.41) is 0. The standard InChI is InChI=1S/C13H16O3S/c1-9(14)16-13(2,3)12(15)10-5-7-11(17-4)8-6-10/h5-8H,1-4H3. The van der Waals surface area contributed by atoms with E-state index in [1.165, 1.54) is 6.92 Å². The molecule has 1 aromatic rings. The monoisotopic (exact) mass is 252 g/mol. The number of thioether (sulfide) groups is 1. The van der Waals surface area contributed by atoms with E-state index in [9.17, 15) is 9.59 Å². The van der Waals surface area contributed by atoms with Crippen LogP contribution in [0.2, 0.25) is 0 Å². The number of carbonyl (C=O) groups is 2. The first-order valence-electron chi connectivity index (χ1n) is 5.25. The van der Waals surface area contributed by atoms with Gasteiger partial charge in [0.25, 0.3) is 0 Å². The molecular weight excluding hydrogens is 236 g/mol. The maximum absolute atomic E-state index is 12.1. The van der Waals surface area contributed by atoms with Gasteiger partial charge in [-0.05, 0) is 32.2 Å². The van der Waals surface area contributed by atoms with Crippen LogP contribution in [-0.2, 0) is 9.53 Å². The van der Waals surface area contributed by atoms with Crippen LogP contribution in [0.4, 0.5) is 0 Å². The van der Waals surface area contributed by atoms with E-state index in [1.54, 1.807) is 37.7 Å². The molecule has 0 spiro atoms. The minimum atomic E-state index is -1.12. The Bertz CT molecular complexity index is 421. The van der Waals surface area contributed by atoms with Gasteiger partial charge >= 0.3 is 5.97 Å². The van der Waals surface area contributed by atoms with Gasteiger partial charge in [-0.2, -0.15) is 0 Å². The van der Waals surface area contributed by atoms with Gasteiger partial charge in [-0.3, -0.25) is 9.59 Å². The molecule has 0 amide bonds. The van der Waals surface area contributed by atoms with Crippen molar-refractivity contribution >= 4 is 23.5 Å². The van der Waals surface area contributed by atoms with Gasteiger partial charge in [-0.15, -0.1) is 11.8 Å². The molecule has 0 atom stereocenters. The molecule has 1 aromatic carbocycles. The molecule has 0 aliphatic heterocycles. The molecule has 0 bridgehead atoms. The van der Waals surface area contributed by atoms with E-state index in [0.717, 1.165) is 4.90 Å². The van der Waals surface area contributed by atoms with Crippen LogP contribution in [0.5, 0.6) is 0 Å². The van der Waals surface area contributed by atoms with Crippen molar-refractivity contribution in [3.63, 3.8) is 0 Å². The fourth-order valence-corrected chi connectivity index (χ4v) is 1.90. The highest BCUT2D eigenvalue weighted by atomic mass is 32.2. The summed E-state index contributed by atoms with van der Waals surface area (Å²) in [4.78, 5) is 24.1. The average Bonchev–Trinajstić information content (AvgIpc) is 2.26. The Labute approximate surface area is 106 Å². The summed E-state index contributed by atoms with van der Waals surface area (Å²) in [5.41, 5.74) is -0.568. The number of rotatable bonds is 4. The van der Waals surface area contributed by atoms with Crippen LogP contribution >= 0.6 is 11.8 Å². The van der Waals surface area contributed by atoms with Crippen molar-refractivity contribution < 1.29 is 14.3 Å². The largest absolute Gasteiger partial charge is 0.451 e. The van der Waals surface area contributed by atoms with E-state index in [0.29, 0.717) is 5.56 Å². The average molecular weight is 252 g/mol. The van der Waals surface area contributed by atoms with E-state index >= 15 is 0 Å². The topological polar surface area (TPSA) is 43.4 Å². The second-order valence-corrected chi connectivity index (χ2v) is 5.04. The number of carbonyl (C=O) groups excluding carboxylic acids is 2. The van der Waals surface area contributed by atoms with Crippen molar-refractivity contribution in [1.82, 2.24) is 0 Å². The molecule has 17 heavy (non-hydrogen) atoms. The minimum Gasteiger partial charge on any atom is -0.451 e. The fourth-order valence-electron chi connectivity index (χ4n) is 1.50. The summed E-state index contributed by atoms with van der Waals surface area (Å²) in [6, 6.07) is 7.25. The molecule has 0 unspecified atom stereocenters. The lowest BCUT2D eigenvalue weighted by atomic mass is 9.96. The number of benzene rings is 1. The number of hydrogen-bond acceptors (Lipinski definition) is 4. The molecule has 0 radical (unpaired) electrons. The maximum atomic E-state index is 12.1. The maximum Gasteiger partial charge on any atom is 0.303 e. The molecule has 92 valence electrons. The first kappa shape index (κ1) is 13.8. The van der Waals surface area contributed by atoms with Crippen LogP contribution < -0.4 is 0 Å². The van der Waals surface area contributed by atoms with Crippen molar-refractivity contribution in [1.29, 1.82) is 0 Å². The summed E-state index contributed by atoms with van der Waals surface area (Å²) >= 11 is 1.61. The van der Waals surface area contributed by atoms with Gasteiger partial charge < -0.3 is 4.74 Å². The lowest BCUT2D eigenvalue weighted by Gasteiger charge is -2.22. The molecule has 1 rings (SSSR count). The highest BCUT2D eigenvalue weighted by Gasteiger charge is 2.31. The molecule has 0 N–H and O–H groups in total. The fraction of sp³-hybridized carbons (Fsp3) is 0.385. The van der Waals surface area contributed by atoms with E-state index in [1.807, 2.05) is 18.4 Å². The third-order valence-electron chi connectivity index (χ3n) is 2.30. The van der Waals surface area contributed by atoms with Crippen molar-refractivity contribution in [3.8, 4) is 0 Å². The molecule has 4 heteroatoms. The Kier molecular flexibility index (Phi) is 4.34. The summed E-state index contributed by atoms with van der Waals surface area (Å²) in [7, 11) is 0. The third-order valence-corrected chi connectivity index (χ3v) is 3.04. The van der Waals surface area contributed by atoms with Gasteiger partial charge in [0.2, 0.25) is 5.78 Å². The van der Waals surface area contributed by atoms with Crippen molar-refractivity contribution in [3.05, 3.63) is 29.8 Å². The molecule has 0 aliphatic rings. The molecule has 3 nitrogen and oxygen atoms in total. The van der Waals surface area contributed by atoms with Gasteiger partial charge in [-0.25, -0.2) is 0 Å². The number of hydrogen-bond donors (Lipinski definition) is 0. The zero-order valence-electron chi connectivity index (χ0n) is 10.4. The van der Waals surface area contributed by atoms with Crippen LogP contribution in [0.25, 0.3) is 0 Å². The zero-order chi connectivity index (χ0) is 13.1. The van der Waals surface area contributed by atoms with Crippen molar-refractivity contribution in [2.24, 2.45) is 0 Å². The van der Waals surface area contributed by atoms with E-state index in [2.05, 4.69) is 0 Å². The molecule has 0 saturated carbocycles. The Morgan fingerprint density at radius 1 is 1.18 bits per heavy atom. The summed E-state index contributed by atoms with van der Waals surface area (Å²) in [6.07, 6.45) is 1.97. The molecular formula is C13H16O3S. The molecule has 0 aromatic heterocycles. The normalized spacial score (nSPS) is 11.1. The van der Waals surface area contributed by atoms with Crippen LogP contribution in [0, 0.1) is 0 Å². The van der Waals surface area contributed by atoms with Gasteiger partial charge in [0.1, 0.15) is 0 Å². The van der Waals surface area contributed by atoms with Crippen molar-refractivity contribution in [2.75, 3.05) is 6.26 Å². The third kappa shape index (κ3) is 3.60. The van der Waals surface area contributed by atoms with Gasteiger partial charge in [0, 0.05) is 17.4 Å². The second kappa shape index (κ2) is 5.36. The lowest BCUT2D eigenvalue weighted by molar-refractivity contribution is -0.149. The van der Waals surface area contributed by atoms with E-state index in [-0.39, 0.29) is 5.78 Å². The number of Topliss-reactive ketones (excluding diaryl/α,β-unsaturated/α-hetero) is 1. The number of ether oxygens (including phenoxy) is 1. The van der Waals surface area contributed by atoms with Crippen LogP contribution in [0.3, 0.4) is 0 Å². The quantitative estimate of drug-likeness (QED) is 0.469. The summed E-state index contributed by atoms with van der Waals surface area (Å²) < 4.78 is 5.02. The number of esters is 1. The SMILES string of the molecule is CSc1ccc(C(=O)C(C)(C)OC(C)=O)cc1. The highest BCUT2D eigenvalue weighted by Crippen LogP contribution is 2.20. The molecule has 0 saturated heterocycles. The Balaban J connectivity index is 2.91. The first-order chi connectivity index (χ1) is 7.86. The Morgan fingerprint density at radius 2 is 1.71 bits per heavy atom. The van der Waals surface area contributed by atoms with Gasteiger partial charge in [-0.1, -0.05) is 12.1 Å². The molecule has 0 fully saturated rings. The summed E-state index contributed by atoms with van der Waals surface area (Å²) in [6.45, 7) is 4.49. The first-order valence-corrected chi connectivity index (χ1v) is 6.47. The summed E-state index contributed by atoms with van der Waals surface area (Å²) in [5.74, 6) is -0.649.